The Morgan fingerprint density at radius 3 is 2.48 bits per heavy atom. The number of aliphatic carboxylic acids is 1. The second kappa shape index (κ2) is 8.71. The Balaban J connectivity index is 1.67. The fourth-order valence-corrected chi connectivity index (χ4v) is 4.12. The lowest BCUT2D eigenvalue weighted by molar-refractivity contribution is -0.139. The zero-order chi connectivity index (χ0) is 23.7. The predicted octanol–water partition coefficient (Wildman–Crippen LogP) is 2.48. The molecule has 0 aliphatic carbocycles. The Kier molecular flexibility index (Phi) is 5.80. The van der Waals surface area contributed by atoms with Gasteiger partial charge in [0.1, 0.15) is 5.82 Å². The van der Waals surface area contributed by atoms with Gasteiger partial charge in [-0.25, -0.2) is 18.5 Å². The molecule has 33 heavy (non-hydrogen) atoms. The summed E-state index contributed by atoms with van der Waals surface area (Å²) >= 11 is 1.20. The van der Waals surface area contributed by atoms with Crippen molar-refractivity contribution < 1.29 is 19.1 Å². The van der Waals surface area contributed by atoms with Gasteiger partial charge in [0, 0.05) is 17.5 Å². The van der Waals surface area contributed by atoms with E-state index in [2.05, 4.69) is 15.6 Å². The van der Waals surface area contributed by atoms with E-state index in [0.29, 0.717) is 4.88 Å². The Morgan fingerprint density at radius 1 is 1.15 bits per heavy atom. The van der Waals surface area contributed by atoms with E-state index in [-0.39, 0.29) is 27.8 Å². The lowest BCUT2D eigenvalue weighted by atomic mass is 10.1. The average molecular weight is 468 g/mol. The summed E-state index contributed by atoms with van der Waals surface area (Å²) in [4.78, 5) is 52.6. The molecule has 1 unspecified atom stereocenters. The van der Waals surface area contributed by atoms with Gasteiger partial charge in [-0.05, 0) is 47.8 Å². The maximum Gasteiger partial charge on any atom is 0.333 e. The van der Waals surface area contributed by atoms with Gasteiger partial charge in [-0.15, -0.1) is 11.3 Å². The van der Waals surface area contributed by atoms with Crippen LogP contribution in [0.1, 0.15) is 21.3 Å². The number of halogens is 1. The molecule has 2 aromatic carbocycles. The summed E-state index contributed by atoms with van der Waals surface area (Å²) in [6, 6.07) is 9.91. The zero-order valence-corrected chi connectivity index (χ0v) is 17.9. The molecule has 0 bridgehead atoms. The number of carbonyl (C=O) groups excluding carboxylic acids is 1. The monoisotopic (exact) mass is 468 g/mol. The van der Waals surface area contributed by atoms with Crippen LogP contribution in [0.25, 0.3) is 16.6 Å². The van der Waals surface area contributed by atoms with Crippen molar-refractivity contribution in [2.24, 2.45) is 0 Å². The van der Waals surface area contributed by atoms with Crippen molar-refractivity contribution in [2.75, 3.05) is 12.4 Å². The fraction of sp³-hybridized carbons (Fsp3) is 0.0909. The van der Waals surface area contributed by atoms with Crippen molar-refractivity contribution in [1.82, 2.24) is 14.9 Å². The molecule has 9 nitrogen and oxygen atoms in total. The van der Waals surface area contributed by atoms with Gasteiger partial charge in [-0.2, -0.15) is 0 Å². The molecule has 0 aliphatic heterocycles. The molecule has 0 fully saturated rings. The first-order valence-corrected chi connectivity index (χ1v) is 10.5. The van der Waals surface area contributed by atoms with Crippen LogP contribution in [0.4, 0.5) is 10.1 Å². The maximum absolute atomic E-state index is 14.2. The number of carboxylic acids is 1. The van der Waals surface area contributed by atoms with Gasteiger partial charge in [0.05, 0.1) is 22.3 Å². The Bertz CT molecular complexity index is 1480. The van der Waals surface area contributed by atoms with Gasteiger partial charge in [-0.1, -0.05) is 6.07 Å². The second-order valence-corrected chi connectivity index (χ2v) is 7.98. The minimum atomic E-state index is -1.21. The van der Waals surface area contributed by atoms with E-state index >= 15 is 0 Å². The number of fused-ring (bicyclic) bond motifs is 1. The number of aromatic amines is 1. The molecule has 4 N–H and O–H groups in total. The average Bonchev–Trinajstić information content (AvgIpc) is 3.32. The number of carbonyl (C=O) groups is 2. The van der Waals surface area contributed by atoms with E-state index in [4.69, 9.17) is 0 Å². The first-order valence-electron chi connectivity index (χ1n) is 9.64. The van der Waals surface area contributed by atoms with Crippen molar-refractivity contribution in [3.8, 4) is 5.69 Å². The number of hydrogen-bond acceptors (Lipinski definition) is 6. The molecule has 2 heterocycles. The number of hydrogen-bond donors (Lipinski definition) is 4. The molecule has 2 aromatic heterocycles. The molecule has 0 spiro atoms. The number of H-pyrrole nitrogens is 1. The van der Waals surface area contributed by atoms with Crippen molar-refractivity contribution in [2.45, 2.75) is 6.04 Å². The number of nitrogens with zero attached hydrogens (tertiary/aromatic N) is 1. The van der Waals surface area contributed by atoms with Crippen molar-refractivity contribution in [3.63, 3.8) is 0 Å². The summed E-state index contributed by atoms with van der Waals surface area (Å²) in [7, 11) is 1.51. The summed E-state index contributed by atoms with van der Waals surface area (Å²) < 4.78 is 15.0. The standard InChI is InChI=1S/C22H17FN4O5S/c1-24-16-10-15-13(9-14(16)23)20(29)27(22(32)25-15)12-6-4-11(5-7-12)19(28)26-18(21(30)31)17-3-2-8-33-17/h2-10,18,24H,1H3,(H,25,32)(H,26,28)(H,30,31). The Morgan fingerprint density at radius 2 is 1.88 bits per heavy atom. The highest BCUT2D eigenvalue weighted by Crippen LogP contribution is 2.21. The van der Waals surface area contributed by atoms with Crippen molar-refractivity contribution in [1.29, 1.82) is 0 Å². The van der Waals surface area contributed by atoms with Crippen LogP contribution in [0.3, 0.4) is 0 Å². The third-order valence-corrected chi connectivity index (χ3v) is 5.93. The number of carboxylic acid groups (broad SMARTS) is 1. The van der Waals surface area contributed by atoms with E-state index in [1.54, 1.807) is 17.5 Å². The summed E-state index contributed by atoms with van der Waals surface area (Å²) in [5.74, 6) is -2.49. The highest BCUT2D eigenvalue weighted by molar-refractivity contribution is 7.10. The molecular weight excluding hydrogens is 451 g/mol. The maximum atomic E-state index is 14.2. The lowest BCUT2D eigenvalue weighted by Crippen LogP contribution is -2.34. The molecular formula is C22H17FN4O5S. The molecule has 168 valence electrons. The lowest BCUT2D eigenvalue weighted by Gasteiger charge is -2.13. The number of thiophene rings is 1. The second-order valence-electron chi connectivity index (χ2n) is 7.01. The normalized spacial score (nSPS) is 11.8. The van der Waals surface area contributed by atoms with Crippen LogP contribution in [0, 0.1) is 5.82 Å². The van der Waals surface area contributed by atoms with Gasteiger partial charge in [0.15, 0.2) is 6.04 Å². The van der Waals surface area contributed by atoms with Crippen molar-refractivity contribution in [3.05, 3.63) is 91.0 Å². The Hall–Kier alpha value is -4.25. The molecule has 1 amide bonds. The molecule has 0 aliphatic rings. The third-order valence-electron chi connectivity index (χ3n) is 4.99. The van der Waals surface area contributed by atoms with E-state index in [1.807, 2.05) is 0 Å². The third kappa shape index (κ3) is 4.13. The largest absolute Gasteiger partial charge is 0.479 e. The number of nitrogens with one attached hydrogen (secondary N) is 3. The summed E-state index contributed by atoms with van der Waals surface area (Å²) in [6.07, 6.45) is 0. The van der Waals surface area contributed by atoms with Crippen LogP contribution in [0.2, 0.25) is 0 Å². The number of anilines is 1. The molecule has 1 atom stereocenters. The smallest absolute Gasteiger partial charge is 0.333 e. The van der Waals surface area contributed by atoms with Gasteiger partial charge >= 0.3 is 11.7 Å². The van der Waals surface area contributed by atoms with Crippen LogP contribution in [0.5, 0.6) is 0 Å². The van der Waals surface area contributed by atoms with E-state index in [0.717, 1.165) is 10.6 Å². The van der Waals surface area contributed by atoms with Crippen molar-refractivity contribution >= 4 is 39.8 Å². The fourth-order valence-electron chi connectivity index (χ4n) is 3.35. The van der Waals surface area contributed by atoms with Crippen LogP contribution in [-0.4, -0.2) is 33.6 Å². The molecule has 4 aromatic rings. The van der Waals surface area contributed by atoms with Gasteiger partial charge in [0.25, 0.3) is 11.5 Å². The molecule has 11 heteroatoms. The molecule has 0 radical (unpaired) electrons. The SMILES string of the molecule is CNc1cc2[nH]c(=O)n(-c3ccc(C(=O)NC(C(=O)O)c4cccs4)cc3)c(=O)c2cc1F. The summed E-state index contributed by atoms with van der Waals surface area (Å²) in [5, 5.41) is 16.2. The summed E-state index contributed by atoms with van der Waals surface area (Å²) in [5.41, 5.74) is -0.857. The first kappa shape index (κ1) is 22.0. The highest BCUT2D eigenvalue weighted by atomic mass is 32.1. The number of amides is 1. The van der Waals surface area contributed by atoms with Gasteiger partial charge < -0.3 is 20.7 Å². The molecule has 0 saturated carbocycles. The van der Waals surface area contributed by atoms with E-state index in [1.165, 1.54) is 48.7 Å². The zero-order valence-electron chi connectivity index (χ0n) is 17.1. The predicted molar refractivity (Wildman–Crippen MR) is 122 cm³/mol. The highest BCUT2D eigenvalue weighted by Gasteiger charge is 2.23. The van der Waals surface area contributed by atoms with Crippen LogP contribution in [0.15, 0.2) is 63.5 Å². The molecule has 4 rings (SSSR count). The van der Waals surface area contributed by atoms with E-state index in [9.17, 15) is 28.7 Å². The van der Waals surface area contributed by atoms with Crippen LogP contribution in [-0.2, 0) is 4.79 Å². The minimum Gasteiger partial charge on any atom is -0.479 e. The topological polar surface area (TPSA) is 133 Å². The number of benzene rings is 2. The Labute approximate surface area is 189 Å². The summed E-state index contributed by atoms with van der Waals surface area (Å²) in [6.45, 7) is 0. The quantitative estimate of drug-likeness (QED) is 0.344. The van der Waals surface area contributed by atoms with Crippen LogP contribution >= 0.6 is 11.3 Å². The number of rotatable bonds is 6. The minimum absolute atomic E-state index is 0.0202. The first-order chi connectivity index (χ1) is 15.8. The van der Waals surface area contributed by atoms with Gasteiger partial charge in [-0.3, -0.25) is 9.59 Å². The molecule has 0 saturated heterocycles. The van der Waals surface area contributed by atoms with Crippen LogP contribution < -0.4 is 21.9 Å². The van der Waals surface area contributed by atoms with E-state index < -0.39 is 35.0 Å². The van der Waals surface area contributed by atoms with Gasteiger partial charge in [0.2, 0.25) is 0 Å². The number of aromatic nitrogens is 2.